The number of carbonyl (C=O) groups excluding carboxylic acids is 1. The first kappa shape index (κ1) is 18.4. The molecular formula is C16H9Br2Cl2N3O2. The molecule has 0 saturated heterocycles. The Labute approximate surface area is 170 Å². The van der Waals surface area contributed by atoms with Gasteiger partial charge in [0.1, 0.15) is 5.52 Å². The lowest BCUT2D eigenvalue weighted by Gasteiger charge is -2.12. The van der Waals surface area contributed by atoms with E-state index in [-0.39, 0.29) is 17.4 Å². The van der Waals surface area contributed by atoms with Gasteiger partial charge in [0.25, 0.3) is 5.91 Å². The normalized spacial score (nSPS) is 10.7. The molecule has 0 radical (unpaired) electrons. The van der Waals surface area contributed by atoms with Crippen molar-refractivity contribution in [1.29, 1.82) is 0 Å². The Balaban J connectivity index is 1.77. The Hall–Kier alpha value is -1.41. The Morgan fingerprint density at radius 2 is 2.00 bits per heavy atom. The molecule has 0 atom stereocenters. The van der Waals surface area contributed by atoms with Gasteiger partial charge in [0.05, 0.1) is 14.5 Å². The molecule has 0 aliphatic carbocycles. The third-order valence-corrected chi connectivity index (χ3v) is 4.90. The van der Waals surface area contributed by atoms with Crippen molar-refractivity contribution in [2.24, 2.45) is 0 Å². The van der Waals surface area contributed by atoms with Gasteiger partial charge in [0, 0.05) is 22.3 Å². The maximum absolute atomic E-state index is 12.1. The summed E-state index contributed by atoms with van der Waals surface area (Å²) in [6.07, 6.45) is 3.05. The van der Waals surface area contributed by atoms with Crippen LogP contribution in [0.1, 0.15) is 0 Å². The fourth-order valence-electron chi connectivity index (χ4n) is 2.10. The van der Waals surface area contributed by atoms with Crippen LogP contribution in [0.15, 0.2) is 45.6 Å². The Morgan fingerprint density at radius 3 is 2.76 bits per heavy atom. The van der Waals surface area contributed by atoms with Gasteiger partial charge in [-0.2, -0.15) is 0 Å². The van der Waals surface area contributed by atoms with E-state index in [1.165, 1.54) is 12.3 Å². The molecule has 0 spiro atoms. The van der Waals surface area contributed by atoms with Gasteiger partial charge in [-0.1, -0.05) is 45.2 Å². The first-order valence-electron chi connectivity index (χ1n) is 6.92. The first-order valence-corrected chi connectivity index (χ1v) is 9.26. The number of fused-ring (bicyclic) bond motifs is 1. The second-order valence-corrected chi connectivity index (χ2v) is 7.44. The van der Waals surface area contributed by atoms with Crippen LogP contribution < -0.4 is 10.1 Å². The molecule has 9 heteroatoms. The van der Waals surface area contributed by atoms with Crippen LogP contribution in [0.2, 0.25) is 10.0 Å². The lowest BCUT2D eigenvalue weighted by Crippen LogP contribution is -2.21. The van der Waals surface area contributed by atoms with Crippen molar-refractivity contribution in [1.82, 2.24) is 9.97 Å². The second-order valence-electron chi connectivity index (χ2n) is 4.89. The fourth-order valence-corrected chi connectivity index (χ4v) is 3.91. The number of hydrogen-bond donors (Lipinski definition) is 1. The number of hydrogen-bond acceptors (Lipinski definition) is 4. The van der Waals surface area contributed by atoms with E-state index < -0.39 is 5.91 Å². The van der Waals surface area contributed by atoms with Gasteiger partial charge in [0.15, 0.2) is 18.2 Å². The number of amides is 1. The monoisotopic (exact) mass is 503 g/mol. The molecule has 3 aromatic rings. The molecule has 0 unspecified atom stereocenters. The van der Waals surface area contributed by atoms with Crippen LogP contribution in [0.3, 0.4) is 0 Å². The largest absolute Gasteiger partial charge is 0.480 e. The number of ether oxygens (including phenoxy) is 1. The molecule has 5 nitrogen and oxygen atoms in total. The summed E-state index contributed by atoms with van der Waals surface area (Å²) in [5, 5.41) is 4.09. The molecule has 3 rings (SSSR count). The molecule has 128 valence electrons. The highest BCUT2D eigenvalue weighted by molar-refractivity contribution is 9.11. The standard InChI is InChI=1S/C16H9Br2Cl2N3O2/c17-10-5-11(18)15(14-9(10)2-1-3-21-14)25-7-13(24)23-16-12(20)4-8(19)6-22-16/h1-6H,7H2,(H,22,23,24). The lowest BCUT2D eigenvalue weighted by molar-refractivity contribution is -0.118. The molecule has 0 bridgehead atoms. The quantitative estimate of drug-likeness (QED) is 0.510. The summed E-state index contributed by atoms with van der Waals surface area (Å²) in [7, 11) is 0. The molecule has 1 N–H and O–H groups in total. The summed E-state index contributed by atoms with van der Waals surface area (Å²) in [5.41, 5.74) is 0.638. The molecule has 2 heterocycles. The van der Waals surface area contributed by atoms with E-state index in [0.717, 1.165) is 9.86 Å². The molecule has 0 saturated carbocycles. The summed E-state index contributed by atoms with van der Waals surface area (Å²) < 4.78 is 7.22. The van der Waals surface area contributed by atoms with Crippen LogP contribution in [0, 0.1) is 0 Å². The minimum atomic E-state index is -0.407. The summed E-state index contributed by atoms with van der Waals surface area (Å²) in [5.74, 6) is 0.289. The van der Waals surface area contributed by atoms with Gasteiger partial charge in [-0.15, -0.1) is 0 Å². The fraction of sp³-hybridized carbons (Fsp3) is 0.0625. The summed E-state index contributed by atoms with van der Waals surface area (Å²) in [6, 6.07) is 7.07. The van der Waals surface area contributed by atoms with Crippen LogP contribution >= 0.6 is 55.1 Å². The van der Waals surface area contributed by atoms with Gasteiger partial charge in [0.2, 0.25) is 0 Å². The number of halogens is 4. The summed E-state index contributed by atoms with van der Waals surface area (Å²) in [4.78, 5) is 20.4. The highest BCUT2D eigenvalue weighted by Crippen LogP contribution is 2.37. The number of rotatable bonds is 4. The minimum Gasteiger partial charge on any atom is -0.480 e. The van der Waals surface area contributed by atoms with Crippen LogP contribution in [-0.4, -0.2) is 22.5 Å². The van der Waals surface area contributed by atoms with Crippen molar-refractivity contribution in [3.8, 4) is 5.75 Å². The number of benzene rings is 1. The third kappa shape index (κ3) is 4.23. The second kappa shape index (κ2) is 7.86. The van der Waals surface area contributed by atoms with Gasteiger partial charge < -0.3 is 10.1 Å². The molecule has 2 aromatic heterocycles. The van der Waals surface area contributed by atoms with Crippen molar-refractivity contribution in [2.75, 3.05) is 11.9 Å². The highest BCUT2D eigenvalue weighted by Gasteiger charge is 2.14. The van der Waals surface area contributed by atoms with Gasteiger partial charge in [-0.25, -0.2) is 4.98 Å². The zero-order valence-corrected chi connectivity index (χ0v) is 17.1. The number of nitrogens with one attached hydrogen (secondary N) is 1. The average molecular weight is 506 g/mol. The van der Waals surface area contributed by atoms with E-state index in [0.29, 0.717) is 20.8 Å². The van der Waals surface area contributed by atoms with Crippen LogP contribution in [0.25, 0.3) is 10.9 Å². The predicted molar refractivity (Wildman–Crippen MR) is 106 cm³/mol. The van der Waals surface area contributed by atoms with E-state index in [1.54, 1.807) is 6.20 Å². The Morgan fingerprint density at radius 1 is 1.20 bits per heavy atom. The zero-order valence-electron chi connectivity index (χ0n) is 12.4. The Kier molecular flexibility index (Phi) is 5.78. The average Bonchev–Trinajstić information content (AvgIpc) is 2.57. The van der Waals surface area contributed by atoms with Gasteiger partial charge in [-0.3, -0.25) is 9.78 Å². The number of carbonyl (C=O) groups is 1. The van der Waals surface area contributed by atoms with E-state index in [9.17, 15) is 4.79 Å². The van der Waals surface area contributed by atoms with Gasteiger partial charge >= 0.3 is 0 Å². The molecule has 25 heavy (non-hydrogen) atoms. The van der Waals surface area contributed by atoms with Crippen molar-refractivity contribution >= 4 is 77.7 Å². The van der Waals surface area contributed by atoms with Crippen molar-refractivity contribution in [3.63, 3.8) is 0 Å². The first-order chi connectivity index (χ1) is 12.0. The smallest absolute Gasteiger partial charge is 0.263 e. The van der Waals surface area contributed by atoms with Crippen LogP contribution in [-0.2, 0) is 4.79 Å². The number of aromatic nitrogens is 2. The van der Waals surface area contributed by atoms with Crippen LogP contribution in [0.5, 0.6) is 5.75 Å². The zero-order chi connectivity index (χ0) is 18.0. The maximum Gasteiger partial charge on any atom is 0.263 e. The topological polar surface area (TPSA) is 64.1 Å². The molecule has 1 amide bonds. The van der Waals surface area contributed by atoms with E-state index >= 15 is 0 Å². The Bertz CT molecular complexity index is 970. The summed E-state index contributed by atoms with van der Waals surface area (Å²) in [6.45, 7) is -0.230. The molecule has 1 aromatic carbocycles. The number of nitrogens with zero attached hydrogens (tertiary/aromatic N) is 2. The molecule has 0 aliphatic rings. The van der Waals surface area contributed by atoms with Crippen molar-refractivity contribution in [2.45, 2.75) is 0 Å². The maximum atomic E-state index is 12.1. The summed E-state index contributed by atoms with van der Waals surface area (Å²) >= 11 is 18.7. The number of pyridine rings is 2. The number of anilines is 1. The third-order valence-electron chi connectivity index (χ3n) is 3.16. The minimum absolute atomic E-state index is 0.220. The predicted octanol–water partition coefficient (Wildman–Crippen LogP) is 5.48. The lowest BCUT2D eigenvalue weighted by atomic mass is 10.2. The van der Waals surface area contributed by atoms with E-state index in [2.05, 4.69) is 47.1 Å². The molecule has 0 fully saturated rings. The highest BCUT2D eigenvalue weighted by atomic mass is 79.9. The van der Waals surface area contributed by atoms with E-state index in [1.807, 2.05) is 18.2 Å². The van der Waals surface area contributed by atoms with Crippen molar-refractivity contribution in [3.05, 3.63) is 55.6 Å². The van der Waals surface area contributed by atoms with Crippen molar-refractivity contribution < 1.29 is 9.53 Å². The van der Waals surface area contributed by atoms with Crippen LogP contribution in [0.4, 0.5) is 5.82 Å². The van der Waals surface area contributed by atoms with E-state index in [4.69, 9.17) is 27.9 Å². The SMILES string of the molecule is O=C(COc1c(Br)cc(Br)c2cccnc12)Nc1ncc(Cl)cc1Cl. The molecule has 0 aliphatic heterocycles. The molecular weight excluding hydrogens is 497 g/mol. The van der Waals surface area contributed by atoms with Gasteiger partial charge in [-0.05, 0) is 34.1 Å².